The average molecular weight is 263 g/mol. The van der Waals surface area contributed by atoms with Gasteiger partial charge in [0, 0.05) is 11.4 Å². The van der Waals surface area contributed by atoms with E-state index in [0.717, 1.165) is 12.5 Å². The molecule has 0 saturated heterocycles. The first-order chi connectivity index (χ1) is 8.63. The number of allylic oxidation sites excluding steroid dienone is 1. The minimum absolute atomic E-state index is 0.795. The maximum absolute atomic E-state index is 3.14. The van der Waals surface area contributed by atoms with E-state index < -0.39 is 0 Å². The van der Waals surface area contributed by atoms with Crippen molar-refractivity contribution in [2.24, 2.45) is 5.92 Å². The van der Waals surface area contributed by atoms with E-state index in [1.165, 1.54) is 28.2 Å². The summed E-state index contributed by atoms with van der Waals surface area (Å²) in [5.74, 6) is 2.01. The van der Waals surface area contributed by atoms with E-state index >= 15 is 0 Å². The molecule has 0 saturated carbocycles. The van der Waals surface area contributed by atoms with Crippen LogP contribution in [0.2, 0.25) is 0 Å². The van der Waals surface area contributed by atoms with E-state index in [2.05, 4.69) is 56.4 Å². The molecule has 0 radical (unpaired) electrons. The van der Waals surface area contributed by atoms with Crippen molar-refractivity contribution in [3.05, 3.63) is 35.9 Å². The second-order valence-corrected chi connectivity index (χ2v) is 6.17. The number of benzene rings is 1. The van der Waals surface area contributed by atoms with Crippen LogP contribution in [0.1, 0.15) is 32.8 Å². The van der Waals surface area contributed by atoms with Gasteiger partial charge >= 0.3 is 0 Å². The second kappa shape index (κ2) is 8.39. The molecule has 2 heteroatoms. The lowest BCUT2D eigenvalue weighted by Gasteiger charge is -2.06. The summed E-state index contributed by atoms with van der Waals surface area (Å²) in [5.41, 5.74) is 2.65. The van der Waals surface area contributed by atoms with Crippen LogP contribution < -0.4 is 5.32 Å². The summed E-state index contributed by atoms with van der Waals surface area (Å²) in [7, 11) is 1.97. The van der Waals surface area contributed by atoms with Crippen LogP contribution in [0.15, 0.2) is 35.2 Å². The molecular weight excluding hydrogens is 238 g/mol. The van der Waals surface area contributed by atoms with E-state index in [1.54, 1.807) is 0 Å². The van der Waals surface area contributed by atoms with Gasteiger partial charge in [0.05, 0.1) is 0 Å². The standard InChI is InChI=1S/C16H25NS/c1-13(2)10-12-18-16-7-5-15(6-8-16)14(3)9-11-17-4/h5-9,13,17H,10-12H2,1-4H3. The first-order valence-corrected chi connectivity index (χ1v) is 7.66. The normalized spacial score (nSPS) is 12.2. The number of hydrogen-bond acceptors (Lipinski definition) is 2. The number of rotatable bonds is 7. The van der Waals surface area contributed by atoms with Crippen LogP contribution in [-0.2, 0) is 0 Å². The number of thioether (sulfide) groups is 1. The van der Waals surface area contributed by atoms with Crippen molar-refractivity contribution < 1.29 is 0 Å². The first kappa shape index (κ1) is 15.3. The van der Waals surface area contributed by atoms with Crippen molar-refractivity contribution >= 4 is 17.3 Å². The monoisotopic (exact) mass is 263 g/mol. The summed E-state index contributed by atoms with van der Waals surface area (Å²) in [6, 6.07) is 8.91. The molecule has 0 unspecified atom stereocenters. The van der Waals surface area contributed by atoms with Crippen LogP contribution in [0, 0.1) is 5.92 Å². The highest BCUT2D eigenvalue weighted by Crippen LogP contribution is 2.23. The van der Waals surface area contributed by atoms with Crippen LogP contribution in [0.5, 0.6) is 0 Å². The Morgan fingerprint density at radius 1 is 1.28 bits per heavy atom. The van der Waals surface area contributed by atoms with E-state index in [9.17, 15) is 0 Å². The van der Waals surface area contributed by atoms with Gasteiger partial charge in [0.1, 0.15) is 0 Å². The van der Waals surface area contributed by atoms with Gasteiger partial charge < -0.3 is 5.32 Å². The largest absolute Gasteiger partial charge is 0.316 e. The van der Waals surface area contributed by atoms with Crippen LogP contribution in [0.4, 0.5) is 0 Å². The third-order valence-corrected chi connectivity index (χ3v) is 3.93. The number of nitrogens with one attached hydrogen (secondary N) is 1. The predicted molar refractivity (Wildman–Crippen MR) is 84.2 cm³/mol. The molecule has 1 N–H and O–H groups in total. The minimum Gasteiger partial charge on any atom is -0.316 e. The summed E-state index contributed by atoms with van der Waals surface area (Å²) in [6.45, 7) is 7.65. The summed E-state index contributed by atoms with van der Waals surface area (Å²) < 4.78 is 0. The van der Waals surface area contributed by atoms with Crippen molar-refractivity contribution in [2.45, 2.75) is 32.1 Å². The molecule has 1 nitrogen and oxygen atoms in total. The van der Waals surface area contributed by atoms with Gasteiger partial charge in [-0.15, -0.1) is 11.8 Å². The molecule has 0 amide bonds. The zero-order valence-electron chi connectivity index (χ0n) is 12.0. The molecule has 0 aliphatic heterocycles. The molecule has 0 fully saturated rings. The molecule has 0 aliphatic rings. The van der Waals surface area contributed by atoms with Crippen LogP contribution in [0.25, 0.3) is 5.57 Å². The van der Waals surface area contributed by atoms with Gasteiger partial charge in [-0.1, -0.05) is 32.1 Å². The fourth-order valence-corrected chi connectivity index (χ4v) is 2.75. The van der Waals surface area contributed by atoms with Crippen LogP contribution in [0.3, 0.4) is 0 Å². The lowest BCUT2D eigenvalue weighted by atomic mass is 10.1. The van der Waals surface area contributed by atoms with E-state index in [0.29, 0.717) is 0 Å². The molecule has 0 aromatic heterocycles. The first-order valence-electron chi connectivity index (χ1n) is 6.68. The highest BCUT2D eigenvalue weighted by atomic mass is 32.2. The molecule has 1 aromatic carbocycles. The summed E-state index contributed by atoms with van der Waals surface area (Å²) in [6.07, 6.45) is 3.51. The molecule has 100 valence electrons. The fraction of sp³-hybridized carbons (Fsp3) is 0.500. The fourth-order valence-electron chi connectivity index (χ4n) is 1.60. The Labute approximate surface area is 116 Å². The molecular formula is C16H25NS. The van der Waals surface area contributed by atoms with E-state index in [4.69, 9.17) is 0 Å². The van der Waals surface area contributed by atoms with Crippen molar-refractivity contribution in [2.75, 3.05) is 19.3 Å². The van der Waals surface area contributed by atoms with E-state index in [1.807, 2.05) is 18.8 Å². The summed E-state index contributed by atoms with van der Waals surface area (Å²) in [5, 5.41) is 3.14. The molecule has 0 bridgehead atoms. The highest BCUT2D eigenvalue weighted by molar-refractivity contribution is 7.99. The maximum atomic E-state index is 3.14. The second-order valence-electron chi connectivity index (χ2n) is 5.00. The Balaban J connectivity index is 2.52. The SMILES string of the molecule is CNCC=C(C)c1ccc(SCCC(C)C)cc1. The molecule has 18 heavy (non-hydrogen) atoms. The Morgan fingerprint density at radius 3 is 2.50 bits per heavy atom. The van der Waals surface area contributed by atoms with Crippen molar-refractivity contribution in [3.8, 4) is 0 Å². The smallest absolute Gasteiger partial charge is 0.0137 e. The number of hydrogen-bond donors (Lipinski definition) is 1. The van der Waals surface area contributed by atoms with Crippen LogP contribution >= 0.6 is 11.8 Å². The van der Waals surface area contributed by atoms with Crippen molar-refractivity contribution in [1.29, 1.82) is 0 Å². The molecule has 0 heterocycles. The molecule has 0 spiro atoms. The van der Waals surface area contributed by atoms with Crippen molar-refractivity contribution in [1.82, 2.24) is 5.32 Å². The van der Waals surface area contributed by atoms with E-state index in [-0.39, 0.29) is 0 Å². The maximum Gasteiger partial charge on any atom is 0.0137 e. The van der Waals surface area contributed by atoms with Gasteiger partial charge in [0.2, 0.25) is 0 Å². The van der Waals surface area contributed by atoms with Crippen LogP contribution in [-0.4, -0.2) is 19.3 Å². The Kier molecular flexibility index (Phi) is 7.14. The summed E-state index contributed by atoms with van der Waals surface area (Å²) in [4.78, 5) is 1.38. The van der Waals surface area contributed by atoms with Gasteiger partial charge in [-0.3, -0.25) is 0 Å². The van der Waals surface area contributed by atoms with Gasteiger partial charge in [-0.2, -0.15) is 0 Å². The Bertz CT molecular complexity index is 365. The minimum atomic E-state index is 0.795. The quantitative estimate of drug-likeness (QED) is 0.730. The van der Waals surface area contributed by atoms with Gasteiger partial charge in [0.25, 0.3) is 0 Å². The third kappa shape index (κ3) is 5.74. The topological polar surface area (TPSA) is 12.0 Å². The van der Waals surface area contributed by atoms with Gasteiger partial charge in [-0.25, -0.2) is 0 Å². The summed E-state index contributed by atoms with van der Waals surface area (Å²) >= 11 is 1.96. The zero-order valence-corrected chi connectivity index (χ0v) is 12.8. The molecule has 1 rings (SSSR count). The Hall–Kier alpha value is -0.730. The van der Waals surface area contributed by atoms with Gasteiger partial charge in [-0.05, 0) is 55.3 Å². The van der Waals surface area contributed by atoms with Gasteiger partial charge in [0.15, 0.2) is 0 Å². The zero-order chi connectivity index (χ0) is 13.4. The average Bonchev–Trinajstić information content (AvgIpc) is 2.36. The molecule has 0 aliphatic carbocycles. The lowest BCUT2D eigenvalue weighted by Crippen LogP contribution is -2.04. The highest BCUT2D eigenvalue weighted by Gasteiger charge is 1.99. The molecule has 1 aromatic rings. The molecule has 0 atom stereocenters. The lowest BCUT2D eigenvalue weighted by molar-refractivity contribution is 0.632. The number of likely N-dealkylation sites (N-methyl/N-ethyl adjacent to an activating group) is 1. The third-order valence-electron chi connectivity index (χ3n) is 2.89. The predicted octanol–water partition coefficient (Wildman–Crippen LogP) is 4.45. The Morgan fingerprint density at radius 2 is 1.94 bits per heavy atom. The van der Waals surface area contributed by atoms with Crippen molar-refractivity contribution in [3.63, 3.8) is 0 Å².